The monoisotopic (exact) mass is 505 g/mol. The summed E-state index contributed by atoms with van der Waals surface area (Å²) >= 11 is 1.39. The molecule has 1 amide bonds. The molecule has 1 N–H and O–H groups in total. The molecule has 184 valence electrons. The number of aromatic nitrogens is 3. The molecule has 1 aromatic carbocycles. The Kier molecular flexibility index (Phi) is 6.20. The van der Waals surface area contributed by atoms with Gasteiger partial charge in [0.15, 0.2) is 0 Å². The van der Waals surface area contributed by atoms with Gasteiger partial charge in [0.2, 0.25) is 5.95 Å². The third-order valence-corrected chi connectivity index (χ3v) is 7.82. The van der Waals surface area contributed by atoms with E-state index in [0.717, 1.165) is 42.2 Å². The second-order valence-corrected chi connectivity index (χ2v) is 10.2. The molecule has 0 bridgehead atoms. The van der Waals surface area contributed by atoms with Crippen LogP contribution in [0.1, 0.15) is 40.3 Å². The fourth-order valence-corrected chi connectivity index (χ4v) is 6.10. The van der Waals surface area contributed by atoms with E-state index in [4.69, 9.17) is 0 Å². The van der Waals surface area contributed by atoms with Crippen molar-refractivity contribution in [3.8, 4) is 10.4 Å². The number of benzene rings is 1. The molecule has 3 atom stereocenters. The molecule has 2 aromatic heterocycles. The number of likely N-dealkylation sites (tertiary alicyclic amines) is 1. The van der Waals surface area contributed by atoms with Crippen molar-refractivity contribution in [2.24, 2.45) is 11.8 Å². The van der Waals surface area contributed by atoms with Crippen molar-refractivity contribution < 1.29 is 22.4 Å². The van der Waals surface area contributed by atoms with E-state index in [0.29, 0.717) is 29.6 Å². The Morgan fingerprint density at radius 3 is 2.57 bits per heavy atom. The minimum Gasteiger partial charge on any atom is -0.352 e. The Balaban J connectivity index is 1.38. The largest absolute Gasteiger partial charge is 0.419 e. The highest BCUT2D eigenvalue weighted by Gasteiger charge is 2.46. The van der Waals surface area contributed by atoms with Crippen molar-refractivity contribution in [2.75, 3.05) is 18.4 Å². The van der Waals surface area contributed by atoms with Crippen LogP contribution in [0.2, 0.25) is 0 Å². The van der Waals surface area contributed by atoms with Crippen molar-refractivity contribution in [1.29, 1.82) is 0 Å². The molecule has 2 aliphatic rings. The fourth-order valence-electron chi connectivity index (χ4n) is 5.18. The first-order valence-electron chi connectivity index (χ1n) is 11.4. The maximum atomic E-state index is 13.7. The predicted molar refractivity (Wildman–Crippen MR) is 123 cm³/mol. The van der Waals surface area contributed by atoms with Crippen LogP contribution < -0.4 is 5.32 Å². The van der Waals surface area contributed by atoms with E-state index >= 15 is 0 Å². The van der Waals surface area contributed by atoms with Crippen molar-refractivity contribution in [1.82, 2.24) is 19.9 Å². The van der Waals surface area contributed by atoms with Gasteiger partial charge in [-0.05, 0) is 49.3 Å². The third-order valence-electron chi connectivity index (χ3n) is 6.80. The zero-order chi connectivity index (χ0) is 24.7. The zero-order valence-corrected chi connectivity index (χ0v) is 19.7. The van der Waals surface area contributed by atoms with Crippen molar-refractivity contribution in [3.05, 3.63) is 58.7 Å². The van der Waals surface area contributed by atoms with E-state index < -0.39 is 11.7 Å². The van der Waals surface area contributed by atoms with Gasteiger partial charge in [0.25, 0.3) is 5.91 Å². The Labute approximate surface area is 203 Å². The topological polar surface area (TPSA) is 71.0 Å². The summed E-state index contributed by atoms with van der Waals surface area (Å²) in [6.07, 6.45) is 0.0915. The molecule has 35 heavy (non-hydrogen) atoms. The Hall–Kier alpha value is -3.08. The van der Waals surface area contributed by atoms with E-state index in [1.165, 1.54) is 23.5 Å². The van der Waals surface area contributed by atoms with Gasteiger partial charge in [0.1, 0.15) is 11.5 Å². The molecule has 3 aromatic rings. The molecule has 11 heteroatoms. The number of nitrogens with one attached hydrogen (secondary N) is 1. The molecule has 3 heterocycles. The Morgan fingerprint density at radius 2 is 1.89 bits per heavy atom. The van der Waals surface area contributed by atoms with Crippen molar-refractivity contribution in [3.63, 3.8) is 0 Å². The molecular formula is C24H23F4N5OS. The lowest BCUT2D eigenvalue weighted by Crippen LogP contribution is -2.42. The number of amides is 1. The smallest absolute Gasteiger partial charge is 0.352 e. The number of anilines is 1. The number of hydrogen-bond acceptors (Lipinski definition) is 6. The van der Waals surface area contributed by atoms with Crippen LogP contribution in [-0.4, -0.2) is 44.9 Å². The lowest BCUT2D eigenvalue weighted by atomic mass is 9.94. The van der Waals surface area contributed by atoms with Gasteiger partial charge in [0.05, 0.1) is 21.5 Å². The normalized spacial score (nSPS) is 21.9. The fraction of sp³-hybridized carbons (Fsp3) is 0.417. The predicted octanol–water partition coefficient (Wildman–Crippen LogP) is 5.42. The van der Waals surface area contributed by atoms with E-state index in [2.05, 4.69) is 20.3 Å². The maximum absolute atomic E-state index is 13.7. The summed E-state index contributed by atoms with van der Waals surface area (Å²) < 4.78 is 51.9. The summed E-state index contributed by atoms with van der Waals surface area (Å²) in [5, 5.41) is 3.77. The summed E-state index contributed by atoms with van der Waals surface area (Å²) in [5.41, 5.74) is 0.159. The van der Waals surface area contributed by atoms with E-state index in [1.807, 2.05) is 11.8 Å². The zero-order valence-electron chi connectivity index (χ0n) is 18.8. The average molecular weight is 506 g/mol. The number of carbonyl (C=O) groups excluding carboxylic acids is 1. The highest BCUT2D eigenvalue weighted by Crippen LogP contribution is 2.43. The molecule has 1 saturated heterocycles. The molecule has 2 fully saturated rings. The number of halogens is 4. The van der Waals surface area contributed by atoms with E-state index in [-0.39, 0.29) is 29.6 Å². The first-order chi connectivity index (χ1) is 16.7. The first-order valence-corrected chi connectivity index (χ1v) is 12.2. The van der Waals surface area contributed by atoms with Gasteiger partial charge in [-0.3, -0.25) is 4.79 Å². The number of alkyl halides is 3. The molecule has 1 saturated carbocycles. The lowest BCUT2D eigenvalue weighted by Gasteiger charge is -2.28. The van der Waals surface area contributed by atoms with Gasteiger partial charge in [-0.25, -0.2) is 19.3 Å². The molecule has 1 aliphatic heterocycles. The second-order valence-electron chi connectivity index (χ2n) is 8.97. The molecule has 5 rings (SSSR count). The third kappa shape index (κ3) is 4.73. The van der Waals surface area contributed by atoms with Gasteiger partial charge in [-0.2, -0.15) is 13.2 Å². The number of thiazole rings is 1. The van der Waals surface area contributed by atoms with Gasteiger partial charge in [0, 0.05) is 25.5 Å². The van der Waals surface area contributed by atoms with E-state index in [9.17, 15) is 22.4 Å². The summed E-state index contributed by atoms with van der Waals surface area (Å²) in [7, 11) is 0. The Morgan fingerprint density at radius 1 is 1.17 bits per heavy atom. The molecule has 0 radical (unpaired) electrons. The lowest BCUT2D eigenvalue weighted by molar-refractivity contribution is -0.138. The molecule has 0 spiro atoms. The van der Waals surface area contributed by atoms with Crippen LogP contribution in [0, 0.1) is 24.6 Å². The molecule has 6 nitrogen and oxygen atoms in total. The van der Waals surface area contributed by atoms with Crippen molar-refractivity contribution in [2.45, 2.75) is 38.4 Å². The van der Waals surface area contributed by atoms with Gasteiger partial charge < -0.3 is 10.2 Å². The number of fused-ring (bicyclic) bond motifs is 1. The van der Waals surface area contributed by atoms with Crippen LogP contribution in [0.3, 0.4) is 0 Å². The molecular weight excluding hydrogens is 482 g/mol. The van der Waals surface area contributed by atoms with E-state index in [1.54, 1.807) is 12.1 Å². The average Bonchev–Trinajstić information content (AvgIpc) is 3.52. The Bertz CT molecular complexity index is 1210. The number of hydrogen-bond donors (Lipinski definition) is 1. The maximum Gasteiger partial charge on any atom is 0.419 e. The molecule has 3 unspecified atom stereocenters. The van der Waals surface area contributed by atoms with Gasteiger partial charge >= 0.3 is 6.18 Å². The summed E-state index contributed by atoms with van der Waals surface area (Å²) in [6, 6.07) is 5.83. The molecule has 1 aliphatic carbocycles. The SMILES string of the molecule is Cc1nc(C(=O)N2CC3CCCC3C2CNc2ncc(C(F)(F)F)cn2)c(-c2ccc(F)cc2)s1. The first kappa shape index (κ1) is 23.7. The van der Waals surface area contributed by atoms with Crippen molar-refractivity contribution >= 4 is 23.2 Å². The van der Waals surface area contributed by atoms with Crippen LogP contribution in [-0.2, 0) is 6.18 Å². The number of rotatable bonds is 5. The van der Waals surface area contributed by atoms with Crippen LogP contribution >= 0.6 is 11.3 Å². The summed E-state index contributed by atoms with van der Waals surface area (Å²) in [5.74, 6) is 0.196. The van der Waals surface area contributed by atoms with Crippen LogP contribution in [0.15, 0.2) is 36.7 Å². The minimum atomic E-state index is -4.50. The van der Waals surface area contributed by atoms with Gasteiger partial charge in [-0.1, -0.05) is 18.6 Å². The highest BCUT2D eigenvalue weighted by molar-refractivity contribution is 7.15. The van der Waals surface area contributed by atoms with Crippen LogP contribution in [0.25, 0.3) is 10.4 Å². The van der Waals surface area contributed by atoms with Gasteiger partial charge in [-0.15, -0.1) is 11.3 Å². The standard InChI is InChI=1S/C24H23F4N5OS/c1-13-32-20(21(35-13)14-5-7-17(25)8-6-14)22(34)33-12-15-3-2-4-18(15)19(33)11-31-23-29-9-16(10-30-23)24(26,27)28/h5-10,15,18-19H,2-4,11-12H2,1H3,(H,29,30,31). The quantitative estimate of drug-likeness (QED) is 0.469. The number of aryl methyl sites for hydroxylation is 1. The second kappa shape index (κ2) is 9.18. The highest BCUT2D eigenvalue weighted by atomic mass is 32.1. The summed E-state index contributed by atoms with van der Waals surface area (Å²) in [4.78, 5) is 28.4. The van der Waals surface area contributed by atoms with Crippen LogP contribution in [0.4, 0.5) is 23.5 Å². The minimum absolute atomic E-state index is 0.0864. The summed E-state index contributed by atoms with van der Waals surface area (Å²) in [6.45, 7) is 2.75. The number of nitrogens with zero attached hydrogens (tertiary/aromatic N) is 4. The van der Waals surface area contributed by atoms with Crippen LogP contribution in [0.5, 0.6) is 0 Å². The number of carbonyl (C=O) groups is 1.